The van der Waals surface area contributed by atoms with Crippen LogP contribution in [0.15, 0.2) is 18.2 Å². The third-order valence-corrected chi connectivity index (χ3v) is 3.65. The van der Waals surface area contributed by atoms with Gasteiger partial charge in [0.05, 0.1) is 18.7 Å². The molecule has 0 unspecified atom stereocenters. The molecule has 1 saturated heterocycles. The lowest BCUT2D eigenvalue weighted by molar-refractivity contribution is -0.120. The number of carbonyl (C=O) groups excluding carboxylic acids is 2. The number of nitrogens with one attached hydrogen (secondary N) is 1. The third kappa shape index (κ3) is 4.34. The summed E-state index contributed by atoms with van der Waals surface area (Å²) in [5.41, 5.74) is 0.636. The molecular formula is C14H18ClN3O3. The molecule has 1 aromatic rings. The SMILES string of the molecule is COc1ccc(NC(=O)CN2CCN(C=O)CC2)cc1Cl. The Hall–Kier alpha value is -1.79. The predicted octanol–water partition coefficient (Wildman–Crippen LogP) is 1.06. The third-order valence-electron chi connectivity index (χ3n) is 3.36. The Labute approximate surface area is 128 Å². The fraction of sp³-hybridized carbons (Fsp3) is 0.429. The summed E-state index contributed by atoms with van der Waals surface area (Å²) in [6.07, 6.45) is 0.844. The standard InChI is InChI=1S/C14H18ClN3O3/c1-21-13-3-2-11(8-12(13)15)16-14(20)9-17-4-6-18(10-19)7-5-17/h2-3,8,10H,4-7,9H2,1H3,(H,16,20). The molecule has 0 bridgehead atoms. The number of anilines is 1. The number of hydrogen-bond acceptors (Lipinski definition) is 4. The Morgan fingerprint density at radius 2 is 2.10 bits per heavy atom. The van der Waals surface area contributed by atoms with Crippen LogP contribution in [-0.2, 0) is 9.59 Å². The zero-order valence-electron chi connectivity index (χ0n) is 11.8. The number of rotatable bonds is 5. The van der Waals surface area contributed by atoms with Crippen LogP contribution in [0.2, 0.25) is 5.02 Å². The molecule has 0 aliphatic carbocycles. The number of carbonyl (C=O) groups is 2. The summed E-state index contributed by atoms with van der Waals surface area (Å²) in [6, 6.07) is 5.11. The van der Waals surface area contributed by atoms with Crippen molar-refractivity contribution in [1.29, 1.82) is 0 Å². The summed E-state index contributed by atoms with van der Waals surface area (Å²) < 4.78 is 5.06. The zero-order chi connectivity index (χ0) is 15.2. The molecule has 6 nitrogen and oxygen atoms in total. The van der Waals surface area contributed by atoms with Gasteiger partial charge in [-0.15, -0.1) is 0 Å². The minimum Gasteiger partial charge on any atom is -0.495 e. The van der Waals surface area contributed by atoms with Gasteiger partial charge in [0, 0.05) is 31.9 Å². The van der Waals surface area contributed by atoms with Gasteiger partial charge in [0.2, 0.25) is 12.3 Å². The van der Waals surface area contributed by atoms with Crippen LogP contribution in [0.4, 0.5) is 5.69 Å². The summed E-state index contributed by atoms with van der Waals surface area (Å²) in [5.74, 6) is 0.468. The van der Waals surface area contributed by atoms with Crippen LogP contribution in [0.5, 0.6) is 5.75 Å². The molecule has 0 saturated carbocycles. The number of amides is 2. The van der Waals surface area contributed by atoms with Crippen molar-refractivity contribution in [3.63, 3.8) is 0 Å². The van der Waals surface area contributed by atoms with E-state index >= 15 is 0 Å². The molecule has 7 heteroatoms. The molecule has 0 atom stereocenters. The highest BCUT2D eigenvalue weighted by atomic mass is 35.5. The van der Waals surface area contributed by atoms with E-state index in [1.54, 1.807) is 30.2 Å². The van der Waals surface area contributed by atoms with Crippen molar-refractivity contribution in [2.24, 2.45) is 0 Å². The van der Waals surface area contributed by atoms with Crippen molar-refractivity contribution in [2.45, 2.75) is 0 Å². The van der Waals surface area contributed by atoms with Crippen molar-refractivity contribution in [3.8, 4) is 5.75 Å². The minimum atomic E-state index is -0.101. The number of halogens is 1. The molecule has 1 heterocycles. The number of benzene rings is 1. The van der Waals surface area contributed by atoms with Gasteiger partial charge in [0.1, 0.15) is 5.75 Å². The monoisotopic (exact) mass is 311 g/mol. The molecule has 21 heavy (non-hydrogen) atoms. The highest BCUT2D eigenvalue weighted by Crippen LogP contribution is 2.27. The summed E-state index contributed by atoms with van der Waals surface area (Å²) in [7, 11) is 1.54. The van der Waals surface area contributed by atoms with E-state index in [2.05, 4.69) is 5.32 Å². The Kier molecular flexibility index (Phi) is 5.41. The molecule has 114 valence electrons. The second kappa shape index (κ2) is 7.28. The van der Waals surface area contributed by atoms with E-state index in [0.29, 0.717) is 49.2 Å². The number of nitrogens with zero attached hydrogens (tertiary/aromatic N) is 2. The molecule has 1 aromatic carbocycles. The average molecular weight is 312 g/mol. The predicted molar refractivity (Wildman–Crippen MR) is 80.7 cm³/mol. The highest BCUT2D eigenvalue weighted by Gasteiger charge is 2.17. The maximum atomic E-state index is 12.0. The Bertz CT molecular complexity index is 516. The van der Waals surface area contributed by atoms with Gasteiger partial charge in [-0.3, -0.25) is 14.5 Å². The second-order valence-corrected chi connectivity index (χ2v) is 5.22. The number of piperazine rings is 1. The van der Waals surface area contributed by atoms with Crippen LogP contribution in [0.3, 0.4) is 0 Å². The first kappa shape index (κ1) is 15.6. The maximum Gasteiger partial charge on any atom is 0.238 e. The van der Waals surface area contributed by atoms with Crippen LogP contribution in [0.25, 0.3) is 0 Å². The zero-order valence-corrected chi connectivity index (χ0v) is 12.6. The first-order valence-electron chi connectivity index (χ1n) is 6.67. The molecule has 0 spiro atoms. The van der Waals surface area contributed by atoms with Gasteiger partial charge in [-0.2, -0.15) is 0 Å². The lowest BCUT2D eigenvalue weighted by Gasteiger charge is -2.31. The van der Waals surface area contributed by atoms with Crippen LogP contribution in [0, 0.1) is 0 Å². The largest absolute Gasteiger partial charge is 0.495 e. The van der Waals surface area contributed by atoms with Crippen LogP contribution < -0.4 is 10.1 Å². The number of methoxy groups -OCH3 is 1. The van der Waals surface area contributed by atoms with Gasteiger partial charge in [-0.1, -0.05) is 11.6 Å². The fourth-order valence-electron chi connectivity index (χ4n) is 2.17. The summed E-state index contributed by atoms with van der Waals surface area (Å²) in [6.45, 7) is 3.03. The number of hydrogen-bond donors (Lipinski definition) is 1. The van der Waals surface area contributed by atoms with Crippen molar-refractivity contribution in [3.05, 3.63) is 23.2 Å². The van der Waals surface area contributed by atoms with E-state index in [-0.39, 0.29) is 5.91 Å². The molecule has 1 aliphatic rings. The summed E-state index contributed by atoms with van der Waals surface area (Å²) in [5, 5.41) is 3.26. The molecule has 2 rings (SSSR count). The van der Waals surface area contributed by atoms with E-state index in [1.807, 2.05) is 4.90 Å². The van der Waals surface area contributed by atoms with E-state index in [4.69, 9.17) is 16.3 Å². The lowest BCUT2D eigenvalue weighted by atomic mass is 10.3. The molecule has 1 fully saturated rings. The Morgan fingerprint density at radius 3 is 2.67 bits per heavy atom. The quantitative estimate of drug-likeness (QED) is 0.826. The van der Waals surface area contributed by atoms with Crippen molar-refractivity contribution in [1.82, 2.24) is 9.80 Å². The van der Waals surface area contributed by atoms with E-state index in [9.17, 15) is 9.59 Å². The molecule has 0 radical (unpaired) electrons. The van der Waals surface area contributed by atoms with E-state index in [1.165, 1.54) is 0 Å². The van der Waals surface area contributed by atoms with Crippen molar-refractivity contribution in [2.75, 3.05) is 45.2 Å². The molecule has 0 aromatic heterocycles. The fourth-order valence-corrected chi connectivity index (χ4v) is 2.43. The molecule has 1 aliphatic heterocycles. The molecule has 2 amide bonds. The first-order valence-corrected chi connectivity index (χ1v) is 7.05. The average Bonchev–Trinajstić information content (AvgIpc) is 2.48. The van der Waals surface area contributed by atoms with Gasteiger partial charge in [0.15, 0.2) is 0 Å². The van der Waals surface area contributed by atoms with E-state index in [0.717, 1.165) is 6.41 Å². The molecule has 1 N–H and O–H groups in total. The lowest BCUT2D eigenvalue weighted by Crippen LogP contribution is -2.48. The Balaban J connectivity index is 1.84. The summed E-state index contributed by atoms with van der Waals surface area (Å²) in [4.78, 5) is 26.3. The maximum absolute atomic E-state index is 12.0. The first-order chi connectivity index (χ1) is 10.1. The van der Waals surface area contributed by atoms with E-state index < -0.39 is 0 Å². The van der Waals surface area contributed by atoms with Gasteiger partial charge >= 0.3 is 0 Å². The van der Waals surface area contributed by atoms with Gasteiger partial charge in [-0.05, 0) is 18.2 Å². The Morgan fingerprint density at radius 1 is 1.38 bits per heavy atom. The van der Waals surface area contributed by atoms with Crippen LogP contribution in [0.1, 0.15) is 0 Å². The van der Waals surface area contributed by atoms with Gasteiger partial charge < -0.3 is 15.0 Å². The van der Waals surface area contributed by atoms with Crippen LogP contribution >= 0.6 is 11.6 Å². The highest BCUT2D eigenvalue weighted by molar-refractivity contribution is 6.32. The topological polar surface area (TPSA) is 61.9 Å². The van der Waals surface area contributed by atoms with Crippen LogP contribution in [-0.4, -0.2) is 62.0 Å². The number of ether oxygens (including phenoxy) is 1. The van der Waals surface area contributed by atoms with Crippen molar-refractivity contribution >= 4 is 29.6 Å². The second-order valence-electron chi connectivity index (χ2n) is 4.82. The summed E-state index contributed by atoms with van der Waals surface area (Å²) >= 11 is 6.01. The minimum absolute atomic E-state index is 0.101. The van der Waals surface area contributed by atoms with Gasteiger partial charge in [-0.25, -0.2) is 0 Å². The van der Waals surface area contributed by atoms with Crippen molar-refractivity contribution < 1.29 is 14.3 Å². The normalized spacial score (nSPS) is 15.6. The smallest absolute Gasteiger partial charge is 0.238 e. The van der Waals surface area contributed by atoms with Gasteiger partial charge in [0.25, 0.3) is 0 Å². The molecular weight excluding hydrogens is 294 g/mol.